The molecule has 1 amide bonds. The molecule has 1 aliphatic rings. The van der Waals surface area contributed by atoms with Gasteiger partial charge in [0.05, 0.1) is 16.4 Å². The van der Waals surface area contributed by atoms with E-state index in [0.29, 0.717) is 18.0 Å². The van der Waals surface area contributed by atoms with Gasteiger partial charge in [0.1, 0.15) is 6.61 Å². The van der Waals surface area contributed by atoms with Gasteiger partial charge in [-0.3, -0.25) is 9.69 Å². The molecule has 0 spiro atoms. The molecule has 0 unspecified atom stereocenters. The fourth-order valence-corrected chi connectivity index (χ4v) is 3.19. The van der Waals surface area contributed by atoms with Crippen LogP contribution in [0.15, 0.2) is 12.1 Å². The zero-order valence-electron chi connectivity index (χ0n) is 11.9. The molecule has 0 bridgehead atoms. The smallest absolute Gasteiger partial charge is 0.264 e. The number of hydrogen-bond donors (Lipinski definition) is 2. The molecule has 1 aromatic rings. The van der Waals surface area contributed by atoms with Gasteiger partial charge in [-0.2, -0.15) is 0 Å². The van der Waals surface area contributed by atoms with Crippen molar-refractivity contribution in [3.05, 3.63) is 21.9 Å². The highest BCUT2D eigenvalue weighted by atomic mass is 32.1. The summed E-state index contributed by atoms with van der Waals surface area (Å²) in [7, 11) is 0. The number of amides is 1. The van der Waals surface area contributed by atoms with E-state index >= 15 is 0 Å². The van der Waals surface area contributed by atoms with Gasteiger partial charge in [-0.15, -0.1) is 11.3 Å². The number of thiophene rings is 1. The van der Waals surface area contributed by atoms with Gasteiger partial charge in [0.2, 0.25) is 0 Å². The van der Waals surface area contributed by atoms with Crippen LogP contribution in [0.2, 0.25) is 0 Å². The summed E-state index contributed by atoms with van der Waals surface area (Å²) < 4.78 is 0. The summed E-state index contributed by atoms with van der Waals surface area (Å²) in [4.78, 5) is 18.0. The molecule has 0 aromatic carbocycles. The van der Waals surface area contributed by atoms with Crippen LogP contribution in [0.3, 0.4) is 0 Å². The summed E-state index contributed by atoms with van der Waals surface area (Å²) in [6.07, 6.45) is 0.925. The third-order valence-electron chi connectivity index (χ3n) is 3.40. The van der Waals surface area contributed by atoms with Gasteiger partial charge in [0.15, 0.2) is 0 Å². The maximum absolute atomic E-state index is 12.5. The molecule has 0 aliphatic carbocycles. The first kappa shape index (κ1) is 16.0. The van der Waals surface area contributed by atoms with Gasteiger partial charge in [0.25, 0.3) is 5.91 Å². The van der Waals surface area contributed by atoms with E-state index in [1.807, 2.05) is 11.0 Å². The third kappa shape index (κ3) is 4.55. The first-order valence-corrected chi connectivity index (χ1v) is 7.88. The van der Waals surface area contributed by atoms with Gasteiger partial charge < -0.3 is 15.1 Å². The minimum Gasteiger partial charge on any atom is -0.395 e. The predicted molar refractivity (Wildman–Crippen MR) is 82.3 cm³/mol. The number of aliphatic hydroxyl groups excluding tert-OH is 2. The van der Waals surface area contributed by atoms with Crippen LogP contribution in [-0.4, -0.2) is 71.9 Å². The Hall–Kier alpha value is -1.39. The molecular formula is C15H20N2O3S. The SMILES string of the molecule is O=C(c1ccc(C#CCO)s1)N1CCCN(CCO)CC1. The number of hydrogen-bond acceptors (Lipinski definition) is 5. The molecule has 21 heavy (non-hydrogen) atoms. The van der Waals surface area contributed by atoms with Crippen LogP contribution in [0, 0.1) is 11.8 Å². The molecule has 114 valence electrons. The highest BCUT2D eigenvalue weighted by Gasteiger charge is 2.21. The highest BCUT2D eigenvalue weighted by molar-refractivity contribution is 7.14. The molecule has 6 heteroatoms. The molecule has 5 nitrogen and oxygen atoms in total. The van der Waals surface area contributed by atoms with Crippen molar-refractivity contribution < 1.29 is 15.0 Å². The molecule has 1 saturated heterocycles. The van der Waals surface area contributed by atoms with E-state index in [-0.39, 0.29) is 19.1 Å². The van der Waals surface area contributed by atoms with Crippen LogP contribution in [0.25, 0.3) is 0 Å². The zero-order chi connectivity index (χ0) is 15.1. The van der Waals surface area contributed by atoms with Crippen molar-refractivity contribution in [2.45, 2.75) is 6.42 Å². The van der Waals surface area contributed by atoms with Crippen molar-refractivity contribution in [2.24, 2.45) is 0 Å². The van der Waals surface area contributed by atoms with E-state index in [4.69, 9.17) is 10.2 Å². The number of nitrogens with zero attached hydrogens (tertiary/aromatic N) is 2. The van der Waals surface area contributed by atoms with Crippen LogP contribution in [0.5, 0.6) is 0 Å². The molecule has 1 aromatic heterocycles. The first-order valence-electron chi connectivity index (χ1n) is 7.06. The van der Waals surface area contributed by atoms with E-state index < -0.39 is 0 Å². The molecule has 0 saturated carbocycles. The van der Waals surface area contributed by atoms with E-state index in [2.05, 4.69) is 16.7 Å². The lowest BCUT2D eigenvalue weighted by Crippen LogP contribution is -2.35. The van der Waals surface area contributed by atoms with Crippen molar-refractivity contribution in [1.29, 1.82) is 0 Å². The molecular weight excluding hydrogens is 288 g/mol. The average Bonchev–Trinajstić information content (AvgIpc) is 2.84. The van der Waals surface area contributed by atoms with Crippen molar-refractivity contribution >= 4 is 17.2 Å². The van der Waals surface area contributed by atoms with E-state index in [9.17, 15) is 4.79 Å². The Morgan fingerprint density at radius 2 is 2.10 bits per heavy atom. The van der Waals surface area contributed by atoms with Gasteiger partial charge in [0, 0.05) is 26.2 Å². The largest absolute Gasteiger partial charge is 0.395 e. The van der Waals surface area contributed by atoms with Gasteiger partial charge in [-0.05, 0) is 25.1 Å². The summed E-state index contributed by atoms with van der Waals surface area (Å²) in [6, 6.07) is 3.61. The molecule has 1 fully saturated rings. The minimum atomic E-state index is -0.173. The van der Waals surface area contributed by atoms with Crippen LogP contribution >= 0.6 is 11.3 Å². The molecule has 0 radical (unpaired) electrons. The topological polar surface area (TPSA) is 64.0 Å². The fraction of sp³-hybridized carbons (Fsp3) is 0.533. The average molecular weight is 308 g/mol. The van der Waals surface area contributed by atoms with Crippen LogP contribution < -0.4 is 0 Å². The Labute approximate surface area is 128 Å². The lowest BCUT2D eigenvalue weighted by Gasteiger charge is -2.20. The Bertz CT molecular complexity index is 533. The van der Waals surface area contributed by atoms with Crippen molar-refractivity contribution in [3.63, 3.8) is 0 Å². The maximum Gasteiger partial charge on any atom is 0.264 e. The van der Waals surface area contributed by atoms with Gasteiger partial charge in [-0.25, -0.2) is 0 Å². The highest BCUT2D eigenvalue weighted by Crippen LogP contribution is 2.18. The predicted octanol–water partition coefficient (Wildman–Crippen LogP) is 0.232. The molecule has 2 heterocycles. The Morgan fingerprint density at radius 3 is 2.86 bits per heavy atom. The Kier molecular flexibility index (Phi) is 6.21. The van der Waals surface area contributed by atoms with Crippen LogP contribution in [-0.2, 0) is 0 Å². The molecule has 2 rings (SSSR count). The second-order valence-electron chi connectivity index (χ2n) is 4.83. The number of β-amino-alcohol motifs (C(OH)–C–C–N with tert-alkyl or cyclic N) is 1. The maximum atomic E-state index is 12.5. The molecule has 2 N–H and O–H groups in total. The second-order valence-corrected chi connectivity index (χ2v) is 5.92. The number of carbonyl (C=O) groups is 1. The Balaban J connectivity index is 1.97. The van der Waals surface area contributed by atoms with Gasteiger partial charge >= 0.3 is 0 Å². The van der Waals surface area contributed by atoms with E-state index in [1.165, 1.54) is 11.3 Å². The zero-order valence-corrected chi connectivity index (χ0v) is 12.7. The Morgan fingerprint density at radius 1 is 1.24 bits per heavy atom. The first-order chi connectivity index (χ1) is 10.2. The van der Waals surface area contributed by atoms with Crippen molar-refractivity contribution in [2.75, 3.05) is 45.9 Å². The third-order valence-corrected chi connectivity index (χ3v) is 4.39. The summed E-state index contributed by atoms with van der Waals surface area (Å²) >= 11 is 1.36. The van der Waals surface area contributed by atoms with E-state index in [1.54, 1.807) is 6.07 Å². The monoisotopic (exact) mass is 308 g/mol. The standard InChI is InChI=1S/C15H20N2O3S/c18-11-1-3-13-4-5-14(21-13)15(20)17-7-2-6-16(8-9-17)10-12-19/h4-5,18-19H,2,6-12H2. The molecule has 1 aliphatic heterocycles. The van der Waals surface area contributed by atoms with Crippen molar-refractivity contribution in [3.8, 4) is 11.8 Å². The lowest BCUT2D eigenvalue weighted by molar-refractivity contribution is 0.0765. The molecule has 0 atom stereocenters. The number of carbonyl (C=O) groups excluding carboxylic acids is 1. The minimum absolute atomic E-state index is 0.0443. The quantitative estimate of drug-likeness (QED) is 0.785. The summed E-state index contributed by atoms with van der Waals surface area (Å²) in [5.74, 6) is 5.45. The van der Waals surface area contributed by atoms with Gasteiger partial charge in [-0.1, -0.05) is 11.8 Å². The number of aliphatic hydroxyl groups is 2. The van der Waals surface area contributed by atoms with E-state index in [0.717, 1.165) is 30.9 Å². The second kappa shape index (κ2) is 8.15. The van der Waals surface area contributed by atoms with Crippen LogP contribution in [0.4, 0.5) is 0 Å². The summed E-state index contributed by atoms with van der Waals surface area (Å²) in [6.45, 7) is 3.81. The normalized spacial score (nSPS) is 16.2. The summed E-state index contributed by atoms with van der Waals surface area (Å²) in [5.41, 5.74) is 0. The number of rotatable bonds is 3. The lowest BCUT2D eigenvalue weighted by atomic mass is 10.3. The van der Waals surface area contributed by atoms with Crippen LogP contribution in [0.1, 0.15) is 21.0 Å². The summed E-state index contributed by atoms with van der Waals surface area (Å²) in [5, 5.41) is 17.7. The fourth-order valence-electron chi connectivity index (χ4n) is 2.34. The van der Waals surface area contributed by atoms with Crippen molar-refractivity contribution in [1.82, 2.24) is 9.80 Å².